The Bertz CT molecular complexity index is 358. The number of nitro groups is 1. The minimum Gasteiger partial charge on any atom is -0.368 e. The molecule has 0 amide bonds. The number of hydrogen-bond acceptors (Lipinski definition) is 5. The Kier molecular flexibility index (Phi) is 4.26. The van der Waals surface area contributed by atoms with Gasteiger partial charge in [0.05, 0.1) is 9.95 Å². The lowest BCUT2D eigenvalue weighted by molar-refractivity contribution is -0.385. The third-order valence-electron chi connectivity index (χ3n) is 1.71. The summed E-state index contributed by atoms with van der Waals surface area (Å²) in [6.45, 7) is 1.41. The average molecular weight is 231 g/mol. The van der Waals surface area contributed by atoms with Gasteiger partial charge in [-0.3, -0.25) is 10.1 Å². The third kappa shape index (κ3) is 3.34. The van der Waals surface area contributed by atoms with Crippen molar-refractivity contribution in [3.05, 3.63) is 27.4 Å². The Morgan fingerprint density at radius 3 is 2.87 bits per heavy atom. The monoisotopic (exact) mass is 230 g/mol. The SMILES string of the molecule is CNCCNc1ncc([N+](=O)[O-])cc1Cl. The highest BCUT2D eigenvalue weighted by Crippen LogP contribution is 2.23. The van der Waals surface area contributed by atoms with Crippen LogP contribution in [0, 0.1) is 10.1 Å². The maximum atomic E-state index is 10.4. The number of nitrogens with one attached hydrogen (secondary N) is 2. The Balaban J connectivity index is 2.70. The molecule has 1 rings (SSSR count). The highest BCUT2D eigenvalue weighted by Gasteiger charge is 2.09. The molecule has 2 N–H and O–H groups in total. The lowest BCUT2D eigenvalue weighted by Gasteiger charge is -2.05. The van der Waals surface area contributed by atoms with Gasteiger partial charge in [-0.05, 0) is 7.05 Å². The number of likely N-dealkylation sites (N-methyl/N-ethyl adjacent to an activating group) is 1. The number of aromatic nitrogens is 1. The van der Waals surface area contributed by atoms with Gasteiger partial charge < -0.3 is 10.6 Å². The van der Waals surface area contributed by atoms with Crippen LogP contribution in [0.2, 0.25) is 5.02 Å². The highest BCUT2D eigenvalue weighted by atomic mass is 35.5. The first kappa shape index (κ1) is 11.7. The summed E-state index contributed by atoms with van der Waals surface area (Å²) in [6, 6.07) is 1.27. The molecule has 0 spiro atoms. The van der Waals surface area contributed by atoms with Gasteiger partial charge in [-0.2, -0.15) is 0 Å². The van der Waals surface area contributed by atoms with E-state index in [1.165, 1.54) is 12.3 Å². The minimum absolute atomic E-state index is 0.112. The molecular formula is C8H11ClN4O2. The predicted molar refractivity (Wildman–Crippen MR) is 58.3 cm³/mol. The van der Waals surface area contributed by atoms with E-state index in [1.54, 1.807) is 0 Å². The smallest absolute Gasteiger partial charge is 0.289 e. The van der Waals surface area contributed by atoms with E-state index in [-0.39, 0.29) is 10.7 Å². The zero-order valence-electron chi connectivity index (χ0n) is 8.16. The molecule has 1 aromatic rings. The van der Waals surface area contributed by atoms with Crippen molar-refractivity contribution < 1.29 is 4.92 Å². The summed E-state index contributed by atoms with van der Waals surface area (Å²) in [4.78, 5) is 13.7. The first-order valence-corrected chi connectivity index (χ1v) is 4.71. The molecule has 7 heteroatoms. The molecule has 0 radical (unpaired) electrons. The molecule has 82 valence electrons. The largest absolute Gasteiger partial charge is 0.368 e. The molecule has 0 bridgehead atoms. The van der Waals surface area contributed by atoms with E-state index in [9.17, 15) is 10.1 Å². The molecule has 0 saturated heterocycles. The Hall–Kier alpha value is -1.40. The highest BCUT2D eigenvalue weighted by molar-refractivity contribution is 6.33. The first-order chi connectivity index (χ1) is 7.15. The molecule has 0 aliphatic carbocycles. The summed E-state index contributed by atoms with van der Waals surface area (Å²) in [5, 5.41) is 16.5. The minimum atomic E-state index is -0.531. The van der Waals surface area contributed by atoms with Gasteiger partial charge in [0.1, 0.15) is 12.0 Å². The fraction of sp³-hybridized carbons (Fsp3) is 0.375. The number of hydrogen-bond donors (Lipinski definition) is 2. The van der Waals surface area contributed by atoms with Gasteiger partial charge in [0.15, 0.2) is 0 Å². The van der Waals surface area contributed by atoms with Crippen molar-refractivity contribution in [2.45, 2.75) is 0 Å². The molecule has 0 atom stereocenters. The molecule has 15 heavy (non-hydrogen) atoms. The molecule has 0 saturated carbocycles. The fourth-order valence-corrected chi connectivity index (χ4v) is 1.19. The number of pyridine rings is 1. The second kappa shape index (κ2) is 5.47. The summed E-state index contributed by atoms with van der Waals surface area (Å²) < 4.78 is 0. The molecular weight excluding hydrogens is 220 g/mol. The standard InChI is InChI=1S/C8H11ClN4O2/c1-10-2-3-11-8-7(9)4-6(5-12-8)13(14)15/h4-5,10H,2-3H2,1H3,(H,11,12). The number of nitrogens with zero attached hydrogens (tertiary/aromatic N) is 2. The Labute approximate surface area is 91.8 Å². The topological polar surface area (TPSA) is 80.1 Å². The summed E-state index contributed by atoms with van der Waals surface area (Å²) in [7, 11) is 1.83. The average Bonchev–Trinajstić information content (AvgIpc) is 2.20. The van der Waals surface area contributed by atoms with E-state index < -0.39 is 4.92 Å². The van der Waals surface area contributed by atoms with E-state index in [4.69, 9.17) is 11.6 Å². The zero-order valence-corrected chi connectivity index (χ0v) is 8.91. The molecule has 0 aliphatic heterocycles. The van der Waals surface area contributed by atoms with Crippen LogP contribution in [0.5, 0.6) is 0 Å². The van der Waals surface area contributed by atoms with Crippen LogP contribution in [0.15, 0.2) is 12.3 Å². The Morgan fingerprint density at radius 1 is 1.60 bits per heavy atom. The normalized spacial score (nSPS) is 10.0. The van der Waals surface area contributed by atoms with Crippen molar-refractivity contribution >= 4 is 23.1 Å². The molecule has 1 heterocycles. The molecule has 0 aromatic carbocycles. The van der Waals surface area contributed by atoms with Gasteiger partial charge in [-0.15, -0.1) is 0 Å². The second-order valence-electron chi connectivity index (χ2n) is 2.81. The maximum absolute atomic E-state index is 10.4. The quantitative estimate of drug-likeness (QED) is 0.452. The van der Waals surface area contributed by atoms with E-state index in [0.29, 0.717) is 12.4 Å². The van der Waals surface area contributed by atoms with Gasteiger partial charge in [-0.25, -0.2) is 4.98 Å². The molecule has 6 nitrogen and oxygen atoms in total. The van der Waals surface area contributed by atoms with Crippen LogP contribution in [0.1, 0.15) is 0 Å². The van der Waals surface area contributed by atoms with E-state index in [0.717, 1.165) is 6.54 Å². The van der Waals surface area contributed by atoms with E-state index in [2.05, 4.69) is 15.6 Å². The predicted octanol–water partition coefficient (Wildman–Crippen LogP) is 1.27. The number of halogens is 1. The summed E-state index contributed by atoms with van der Waals surface area (Å²) in [5.41, 5.74) is -0.112. The van der Waals surface area contributed by atoms with Crippen molar-refractivity contribution in [1.29, 1.82) is 0 Å². The molecule has 1 aromatic heterocycles. The second-order valence-corrected chi connectivity index (χ2v) is 3.22. The van der Waals surface area contributed by atoms with Gasteiger partial charge in [0.2, 0.25) is 0 Å². The van der Waals surface area contributed by atoms with Crippen LogP contribution in [0.4, 0.5) is 11.5 Å². The lowest BCUT2D eigenvalue weighted by atomic mass is 10.4. The zero-order chi connectivity index (χ0) is 11.3. The van der Waals surface area contributed by atoms with E-state index >= 15 is 0 Å². The van der Waals surface area contributed by atoms with Crippen molar-refractivity contribution in [3.8, 4) is 0 Å². The fourth-order valence-electron chi connectivity index (χ4n) is 0.964. The van der Waals surface area contributed by atoms with Gasteiger partial charge in [-0.1, -0.05) is 11.6 Å². The first-order valence-electron chi connectivity index (χ1n) is 4.33. The van der Waals surface area contributed by atoms with Gasteiger partial charge >= 0.3 is 0 Å². The number of rotatable bonds is 5. The van der Waals surface area contributed by atoms with E-state index in [1.807, 2.05) is 7.05 Å². The molecule has 0 fully saturated rings. The summed E-state index contributed by atoms with van der Waals surface area (Å²) in [5.74, 6) is 0.456. The lowest BCUT2D eigenvalue weighted by Crippen LogP contribution is -2.18. The third-order valence-corrected chi connectivity index (χ3v) is 1.99. The Morgan fingerprint density at radius 2 is 2.33 bits per heavy atom. The number of anilines is 1. The van der Waals surface area contributed by atoms with Gasteiger partial charge in [0, 0.05) is 19.2 Å². The van der Waals surface area contributed by atoms with Crippen LogP contribution in [-0.2, 0) is 0 Å². The van der Waals surface area contributed by atoms with Gasteiger partial charge in [0.25, 0.3) is 5.69 Å². The van der Waals surface area contributed by atoms with Crippen molar-refractivity contribution in [3.63, 3.8) is 0 Å². The van der Waals surface area contributed by atoms with Crippen LogP contribution in [-0.4, -0.2) is 30.0 Å². The van der Waals surface area contributed by atoms with Crippen LogP contribution >= 0.6 is 11.6 Å². The van der Waals surface area contributed by atoms with Crippen molar-refractivity contribution in [1.82, 2.24) is 10.3 Å². The van der Waals surface area contributed by atoms with Crippen LogP contribution < -0.4 is 10.6 Å². The molecule has 0 unspecified atom stereocenters. The summed E-state index contributed by atoms with van der Waals surface area (Å²) in [6.07, 6.45) is 1.17. The molecule has 0 aliphatic rings. The summed E-state index contributed by atoms with van der Waals surface area (Å²) >= 11 is 5.80. The van der Waals surface area contributed by atoms with Crippen molar-refractivity contribution in [2.75, 3.05) is 25.5 Å². The van der Waals surface area contributed by atoms with Crippen molar-refractivity contribution in [2.24, 2.45) is 0 Å². The van der Waals surface area contributed by atoms with Crippen LogP contribution in [0.3, 0.4) is 0 Å². The maximum Gasteiger partial charge on any atom is 0.289 e. The van der Waals surface area contributed by atoms with Crippen LogP contribution in [0.25, 0.3) is 0 Å².